The number of allylic oxidation sites excluding steroid dienone is 2. The molecule has 3 fully saturated rings. The Bertz CT molecular complexity index is 256. The Kier molecular flexibility index (Phi) is 2.08. The zero-order valence-electron chi connectivity index (χ0n) is 9.77. The summed E-state index contributed by atoms with van der Waals surface area (Å²) in [6, 6.07) is 0. The summed E-state index contributed by atoms with van der Waals surface area (Å²) >= 11 is 0. The molecular formula is C13H23N. The minimum atomic E-state index is 0.205. The lowest BCUT2D eigenvalue weighted by atomic mass is 9.42. The minimum absolute atomic E-state index is 0.205. The van der Waals surface area contributed by atoms with E-state index in [-0.39, 0.29) is 5.54 Å². The highest BCUT2D eigenvalue weighted by Crippen LogP contribution is 2.65. The molecule has 3 aliphatic rings. The van der Waals surface area contributed by atoms with Gasteiger partial charge in [0.1, 0.15) is 0 Å². The first-order chi connectivity index (χ1) is 6.43. The Morgan fingerprint density at radius 3 is 2.36 bits per heavy atom. The first-order valence-electron chi connectivity index (χ1n) is 5.86. The molecule has 3 aliphatic carbocycles. The predicted molar refractivity (Wildman–Crippen MR) is 61.0 cm³/mol. The van der Waals surface area contributed by atoms with E-state index >= 15 is 0 Å². The topological polar surface area (TPSA) is 26.0 Å². The van der Waals surface area contributed by atoms with Gasteiger partial charge in [-0.25, -0.2) is 0 Å². The van der Waals surface area contributed by atoms with Crippen LogP contribution in [0.4, 0.5) is 0 Å². The van der Waals surface area contributed by atoms with Crippen LogP contribution in [0.25, 0.3) is 0 Å². The highest BCUT2D eigenvalue weighted by molar-refractivity contribution is 5.19. The molecular weight excluding hydrogens is 170 g/mol. The lowest BCUT2D eigenvalue weighted by Gasteiger charge is -2.65. The smallest absolute Gasteiger partial charge is 0.0165 e. The number of nitrogens with two attached hydrogens (primary N) is 1. The van der Waals surface area contributed by atoms with Crippen molar-refractivity contribution < 1.29 is 0 Å². The quantitative estimate of drug-likeness (QED) is 0.669. The normalized spacial score (nSPS) is 42.6. The zero-order chi connectivity index (χ0) is 10.4. The van der Waals surface area contributed by atoms with Crippen LogP contribution in [-0.4, -0.2) is 5.54 Å². The molecule has 3 saturated carbocycles. The minimum Gasteiger partial charge on any atom is -0.325 e. The molecule has 2 bridgehead atoms. The van der Waals surface area contributed by atoms with Crippen LogP contribution in [0.1, 0.15) is 52.9 Å². The molecule has 0 aliphatic heterocycles. The van der Waals surface area contributed by atoms with Gasteiger partial charge in [0.15, 0.2) is 0 Å². The van der Waals surface area contributed by atoms with Crippen LogP contribution in [0, 0.1) is 10.8 Å². The highest BCUT2D eigenvalue weighted by Gasteiger charge is 2.60. The average Bonchev–Trinajstić information content (AvgIpc) is 2.01. The molecule has 0 saturated heterocycles. The molecule has 1 nitrogen and oxygen atoms in total. The Hall–Kier alpha value is -0.300. The number of hydrogen-bond donors (Lipinski definition) is 1. The van der Waals surface area contributed by atoms with E-state index in [1.807, 2.05) is 0 Å². The van der Waals surface area contributed by atoms with Crippen molar-refractivity contribution in [3.8, 4) is 0 Å². The van der Waals surface area contributed by atoms with Gasteiger partial charge in [0.05, 0.1) is 0 Å². The molecule has 3 rings (SSSR count). The fraction of sp³-hybridized carbons (Fsp3) is 0.846. The molecule has 0 amide bonds. The number of fused-ring (bicyclic) bond motifs is 2. The van der Waals surface area contributed by atoms with Gasteiger partial charge >= 0.3 is 0 Å². The summed E-state index contributed by atoms with van der Waals surface area (Å²) in [5, 5.41) is 0. The van der Waals surface area contributed by atoms with Crippen molar-refractivity contribution in [2.75, 3.05) is 0 Å². The van der Waals surface area contributed by atoms with E-state index in [9.17, 15) is 0 Å². The molecule has 0 unspecified atom stereocenters. The molecule has 0 atom stereocenters. The molecule has 2 N–H and O–H groups in total. The second kappa shape index (κ2) is 2.85. The lowest BCUT2D eigenvalue weighted by Crippen LogP contribution is -2.65. The summed E-state index contributed by atoms with van der Waals surface area (Å²) in [4.78, 5) is 0. The largest absolute Gasteiger partial charge is 0.325 e. The second-order valence-electron chi connectivity index (χ2n) is 6.07. The summed E-state index contributed by atoms with van der Waals surface area (Å²) in [7, 11) is 0. The average molecular weight is 193 g/mol. The third-order valence-corrected chi connectivity index (χ3v) is 4.66. The van der Waals surface area contributed by atoms with Gasteiger partial charge in [-0.05, 0) is 43.4 Å². The Morgan fingerprint density at radius 1 is 1.21 bits per heavy atom. The van der Waals surface area contributed by atoms with E-state index in [2.05, 4.69) is 32.9 Å². The summed E-state index contributed by atoms with van der Waals surface area (Å²) in [6.45, 7) is 6.87. The molecule has 1 heteroatoms. The van der Waals surface area contributed by atoms with E-state index in [1.54, 1.807) is 0 Å². The SMILES string of the molecule is C/C=C\C(C)(C)C12CCCC(N)(C1)C2. The monoisotopic (exact) mass is 193 g/mol. The van der Waals surface area contributed by atoms with Gasteiger partial charge < -0.3 is 5.73 Å². The first kappa shape index (κ1) is 10.2. The maximum atomic E-state index is 6.30. The van der Waals surface area contributed by atoms with Crippen molar-refractivity contribution in [3.05, 3.63) is 12.2 Å². The van der Waals surface area contributed by atoms with Gasteiger partial charge in [-0.3, -0.25) is 0 Å². The number of hydrogen-bond acceptors (Lipinski definition) is 1. The van der Waals surface area contributed by atoms with E-state index < -0.39 is 0 Å². The first-order valence-corrected chi connectivity index (χ1v) is 5.86. The summed E-state index contributed by atoms with van der Waals surface area (Å²) in [5.74, 6) is 0. The molecule has 0 aromatic carbocycles. The van der Waals surface area contributed by atoms with Crippen molar-refractivity contribution in [1.29, 1.82) is 0 Å². The molecule has 0 aromatic heterocycles. The van der Waals surface area contributed by atoms with Crippen LogP contribution in [0.2, 0.25) is 0 Å². The van der Waals surface area contributed by atoms with Crippen LogP contribution in [0.15, 0.2) is 12.2 Å². The van der Waals surface area contributed by atoms with Gasteiger partial charge in [0, 0.05) is 5.54 Å². The van der Waals surface area contributed by atoms with Gasteiger partial charge in [-0.2, -0.15) is 0 Å². The van der Waals surface area contributed by atoms with E-state index in [0.717, 1.165) is 0 Å². The van der Waals surface area contributed by atoms with Gasteiger partial charge in [0.25, 0.3) is 0 Å². The van der Waals surface area contributed by atoms with Crippen LogP contribution >= 0.6 is 0 Å². The van der Waals surface area contributed by atoms with Crippen molar-refractivity contribution in [2.45, 2.75) is 58.4 Å². The molecule has 14 heavy (non-hydrogen) atoms. The van der Waals surface area contributed by atoms with Crippen LogP contribution < -0.4 is 5.73 Å². The van der Waals surface area contributed by atoms with Crippen LogP contribution in [-0.2, 0) is 0 Å². The fourth-order valence-corrected chi connectivity index (χ4v) is 3.80. The molecule has 0 heterocycles. The highest BCUT2D eigenvalue weighted by atomic mass is 14.8. The lowest BCUT2D eigenvalue weighted by molar-refractivity contribution is -0.0959. The fourth-order valence-electron chi connectivity index (χ4n) is 3.80. The Balaban J connectivity index is 2.19. The van der Waals surface area contributed by atoms with E-state index in [4.69, 9.17) is 5.73 Å². The zero-order valence-corrected chi connectivity index (χ0v) is 9.77. The van der Waals surface area contributed by atoms with Gasteiger partial charge in [0.2, 0.25) is 0 Å². The molecule has 0 spiro atoms. The maximum Gasteiger partial charge on any atom is 0.0165 e. The second-order valence-corrected chi connectivity index (χ2v) is 6.07. The molecule has 0 aromatic rings. The van der Waals surface area contributed by atoms with Gasteiger partial charge in [-0.1, -0.05) is 32.4 Å². The predicted octanol–water partition coefficient (Wildman–Crippen LogP) is 3.25. The van der Waals surface area contributed by atoms with Crippen LogP contribution in [0.5, 0.6) is 0 Å². The summed E-state index contributed by atoms with van der Waals surface area (Å²) in [5.41, 5.74) is 7.36. The maximum absolute atomic E-state index is 6.30. The summed E-state index contributed by atoms with van der Waals surface area (Å²) < 4.78 is 0. The van der Waals surface area contributed by atoms with Crippen molar-refractivity contribution in [3.63, 3.8) is 0 Å². The summed E-state index contributed by atoms with van der Waals surface area (Å²) in [6.07, 6.45) is 11.0. The van der Waals surface area contributed by atoms with Crippen molar-refractivity contribution >= 4 is 0 Å². The van der Waals surface area contributed by atoms with E-state index in [0.29, 0.717) is 10.8 Å². The Morgan fingerprint density at radius 2 is 1.86 bits per heavy atom. The number of rotatable bonds is 2. The van der Waals surface area contributed by atoms with Crippen molar-refractivity contribution in [2.24, 2.45) is 16.6 Å². The van der Waals surface area contributed by atoms with E-state index in [1.165, 1.54) is 32.1 Å². The standard InChI is InChI=1S/C13H23N/c1-4-6-11(2,3)12-7-5-8-13(14,9-12)10-12/h4,6H,5,7-10,14H2,1-3H3/b6-4-. The van der Waals surface area contributed by atoms with Crippen LogP contribution in [0.3, 0.4) is 0 Å². The third-order valence-electron chi connectivity index (χ3n) is 4.66. The Labute approximate surface area is 87.8 Å². The van der Waals surface area contributed by atoms with Gasteiger partial charge in [-0.15, -0.1) is 0 Å². The third kappa shape index (κ3) is 1.25. The molecule has 80 valence electrons. The van der Waals surface area contributed by atoms with Crippen molar-refractivity contribution in [1.82, 2.24) is 0 Å². The molecule has 0 radical (unpaired) electrons.